The topological polar surface area (TPSA) is 50.4 Å². The first-order valence-electron chi connectivity index (χ1n) is 7.69. The van der Waals surface area contributed by atoms with Gasteiger partial charge in [0.05, 0.1) is 19.1 Å². The number of hydrogen-bond donors (Lipinski definition) is 2. The molecule has 1 heterocycles. The Bertz CT molecular complexity index is 307. The minimum Gasteiger partial charge on any atom is -0.379 e. The smallest absolute Gasteiger partial charge is 0.227 e. The van der Waals surface area contributed by atoms with Crippen LogP contribution in [0.4, 0.5) is 0 Å². The number of ether oxygens (including phenoxy) is 1. The van der Waals surface area contributed by atoms with E-state index in [0.717, 1.165) is 6.42 Å². The van der Waals surface area contributed by atoms with Crippen LogP contribution in [0.25, 0.3) is 0 Å². The van der Waals surface area contributed by atoms with E-state index in [1.165, 1.54) is 19.3 Å². The van der Waals surface area contributed by atoms with Gasteiger partial charge in [-0.3, -0.25) is 4.79 Å². The molecule has 0 aromatic rings. The maximum atomic E-state index is 12.4. The normalized spacial score (nSPS) is 35.6. The van der Waals surface area contributed by atoms with Crippen LogP contribution in [-0.2, 0) is 9.53 Å². The van der Waals surface area contributed by atoms with Gasteiger partial charge in [0.2, 0.25) is 5.91 Å². The lowest BCUT2D eigenvalue weighted by molar-refractivity contribution is -0.126. The Kier molecular flexibility index (Phi) is 5.22. The molecule has 1 amide bonds. The van der Waals surface area contributed by atoms with Gasteiger partial charge in [0.1, 0.15) is 0 Å². The highest BCUT2D eigenvalue weighted by Gasteiger charge is 2.36. The number of likely N-dealkylation sites (N-methyl/N-ethyl adjacent to an activating group) is 1. The van der Waals surface area contributed by atoms with Gasteiger partial charge in [-0.1, -0.05) is 26.7 Å². The minimum absolute atomic E-state index is 0.0280. The van der Waals surface area contributed by atoms with E-state index in [9.17, 15) is 4.79 Å². The molecule has 0 spiro atoms. The van der Waals surface area contributed by atoms with Crippen LogP contribution in [0.15, 0.2) is 0 Å². The number of amides is 1. The van der Waals surface area contributed by atoms with Gasteiger partial charge in [0.15, 0.2) is 0 Å². The molecular weight excluding hydrogens is 240 g/mol. The quantitative estimate of drug-likeness (QED) is 0.813. The lowest BCUT2D eigenvalue weighted by atomic mass is 9.77. The molecule has 4 unspecified atom stereocenters. The Balaban J connectivity index is 1.93. The molecule has 0 aromatic carbocycles. The molecule has 2 fully saturated rings. The van der Waals surface area contributed by atoms with Gasteiger partial charge in [-0.25, -0.2) is 0 Å². The summed E-state index contributed by atoms with van der Waals surface area (Å²) in [7, 11) is 1.90. The average Bonchev–Trinajstić information content (AvgIpc) is 2.87. The van der Waals surface area contributed by atoms with Gasteiger partial charge >= 0.3 is 0 Å². The molecular formula is C15H28N2O2. The average molecular weight is 268 g/mol. The predicted octanol–water partition coefficient (Wildman–Crippen LogP) is 1.55. The molecule has 1 saturated heterocycles. The summed E-state index contributed by atoms with van der Waals surface area (Å²) in [5, 5.41) is 6.48. The Morgan fingerprint density at radius 1 is 1.16 bits per heavy atom. The van der Waals surface area contributed by atoms with Crippen LogP contribution in [0.1, 0.15) is 39.5 Å². The number of nitrogens with one attached hydrogen (secondary N) is 2. The van der Waals surface area contributed by atoms with Crippen molar-refractivity contribution in [3.05, 3.63) is 0 Å². The Morgan fingerprint density at radius 2 is 1.89 bits per heavy atom. The third kappa shape index (κ3) is 3.48. The molecule has 1 aliphatic heterocycles. The van der Waals surface area contributed by atoms with Gasteiger partial charge < -0.3 is 15.4 Å². The minimum atomic E-state index is -0.0280. The van der Waals surface area contributed by atoms with Crippen molar-refractivity contribution in [3.63, 3.8) is 0 Å². The first-order chi connectivity index (χ1) is 9.13. The van der Waals surface area contributed by atoms with Crippen molar-refractivity contribution in [2.24, 2.45) is 17.8 Å². The van der Waals surface area contributed by atoms with E-state index in [4.69, 9.17) is 4.74 Å². The van der Waals surface area contributed by atoms with Crippen molar-refractivity contribution in [1.82, 2.24) is 10.6 Å². The lowest BCUT2D eigenvalue weighted by Gasteiger charge is -2.35. The van der Waals surface area contributed by atoms with E-state index in [1.807, 2.05) is 7.05 Å². The molecule has 4 atom stereocenters. The molecule has 19 heavy (non-hydrogen) atoms. The van der Waals surface area contributed by atoms with Gasteiger partial charge in [0, 0.05) is 12.1 Å². The van der Waals surface area contributed by atoms with Crippen molar-refractivity contribution in [1.29, 1.82) is 0 Å². The zero-order chi connectivity index (χ0) is 13.8. The number of carbonyl (C=O) groups is 1. The predicted molar refractivity (Wildman–Crippen MR) is 75.9 cm³/mol. The molecule has 2 rings (SSSR count). The second kappa shape index (κ2) is 6.71. The van der Waals surface area contributed by atoms with Crippen LogP contribution in [0.2, 0.25) is 0 Å². The maximum absolute atomic E-state index is 12.4. The summed E-state index contributed by atoms with van der Waals surface area (Å²) in [4.78, 5) is 12.4. The molecule has 4 nitrogen and oxygen atoms in total. The van der Waals surface area contributed by atoms with E-state index >= 15 is 0 Å². The second-order valence-electron chi connectivity index (χ2n) is 6.35. The van der Waals surface area contributed by atoms with Gasteiger partial charge in [-0.15, -0.1) is 0 Å². The van der Waals surface area contributed by atoms with Crippen molar-refractivity contribution in [2.75, 3.05) is 20.3 Å². The summed E-state index contributed by atoms with van der Waals surface area (Å²) in [6.07, 6.45) is 4.93. The van der Waals surface area contributed by atoms with Crippen LogP contribution in [-0.4, -0.2) is 38.3 Å². The Labute approximate surface area is 116 Å². The zero-order valence-corrected chi connectivity index (χ0v) is 12.4. The first kappa shape index (κ1) is 14.8. The fourth-order valence-electron chi connectivity index (χ4n) is 3.52. The number of carbonyl (C=O) groups excluding carboxylic acids is 1. The van der Waals surface area contributed by atoms with E-state index in [0.29, 0.717) is 31.1 Å². The lowest BCUT2D eigenvalue weighted by Crippen LogP contribution is -2.49. The third-order valence-electron chi connectivity index (χ3n) is 4.79. The highest BCUT2D eigenvalue weighted by molar-refractivity contribution is 5.80. The third-order valence-corrected chi connectivity index (χ3v) is 4.79. The number of hydrogen-bond acceptors (Lipinski definition) is 3. The Hall–Kier alpha value is -0.610. The summed E-state index contributed by atoms with van der Waals surface area (Å²) >= 11 is 0. The summed E-state index contributed by atoms with van der Waals surface area (Å²) in [5.41, 5.74) is 0. The van der Waals surface area contributed by atoms with Crippen molar-refractivity contribution >= 4 is 5.91 Å². The highest BCUT2D eigenvalue weighted by Crippen LogP contribution is 2.30. The second-order valence-corrected chi connectivity index (χ2v) is 6.35. The van der Waals surface area contributed by atoms with Crippen molar-refractivity contribution in [2.45, 2.75) is 51.6 Å². The fraction of sp³-hybridized carbons (Fsp3) is 0.933. The fourth-order valence-corrected chi connectivity index (χ4v) is 3.52. The van der Waals surface area contributed by atoms with Crippen LogP contribution < -0.4 is 10.6 Å². The molecule has 1 saturated carbocycles. The Morgan fingerprint density at radius 3 is 2.58 bits per heavy atom. The number of rotatable bonds is 4. The molecule has 0 radical (unpaired) electrons. The van der Waals surface area contributed by atoms with E-state index in [2.05, 4.69) is 24.5 Å². The van der Waals surface area contributed by atoms with Gasteiger partial charge in [0.25, 0.3) is 0 Å². The SMILES string of the molecule is CNC1COCC1C(=O)NC1CCCCC1C(C)C. The van der Waals surface area contributed by atoms with Crippen LogP contribution >= 0.6 is 0 Å². The maximum Gasteiger partial charge on any atom is 0.227 e. The molecule has 4 heteroatoms. The van der Waals surface area contributed by atoms with E-state index in [1.54, 1.807) is 0 Å². The zero-order valence-electron chi connectivity index (χ0n) is 12.4. The van der Waals surface area contributed by atoms with Crippen molar-refractivity contribution in [3.8, 4) is 0 Å². The summed E-state index contributed by atoms with van der Waals surface area (Å²) in [6, 6.07) is 0.528. The van der Waals surface area contributed by atoms with Crippen LogP contribution in [0.5, 0.6) is 0 Å². The van der Waals surface area contributed by atoms with Gasteiger partial charge in [-0.2, -0.15) is 0 Å². The van der Waals surface area contributed by atoms with Gasteiger partial charge in [-0.05, 0) is 31.7 Å². The summed E-state index contributed by atoms with van der Waals surface area (Å²) < 4.78 is 5.42. The molecule has 2 N–H and O–H groups in total. The molecule has 0 aromatic heterocycles. The molecule has 2 aliphatic rings. The molecule has 0 bridgehead atoms. The van der Waals surface area contributed by atoms with Crippen LogP contribution in [0, 0.1) is 17.8 Å². The van der Waals surface area contributed by atoms with E-state index < -0.39 is 0 Å². The summed E-state index contributed by atoms with van der Waals surface area (Å²) in [6.45, 7) is 5.73. The molecule has 1 aliphatic carbocycles. The van der Waals surface area contributed by atoms with Crippen molar-refractivity contribution < 1.29 is 9.53 Å². The largest absolute Gasteiger partial charge is 0.379 e. The van der Waals surface area contributed by atoms with Crippen LogP contribution in [0.3, 0.4) is 0 Å². The first-order valence-corrected chi connectivity index (χ1v) is 7.69. The summed E-state index contributed by atoms with van der Waals surface area (Å²) in [5.74, 6) is 1.42. The monoisotopic (exact) mass is 268 g/mol. The standard InChI is InChI=1S/C15H28N2O2/c1-10(2)11-6-4-5-7-13(11)17-15(18)12-8-19-9-14(12)16-3/h10-14,16H,4-9H2,1-3H3,(H,17,18). The highest BCUT2D eigenvalue weighted by atomic mass is 16.5. The van der Waals surface area contributed by atoms with E-state index in [-0.39, 0.29) is 17.9 Å². The molecule has 110 valence electrons.